The van der Waals surface area contributed by atoms with Crippen molar-refractivity contribution in [3.05, 3.63) is 74.3 Å². The summed E-state index contributed by atoms with van der Waals surface area (Å²) in [4.78, 5) is 39.6. The Labute approximate surface area is 260 Å². The summed E-state index contributed by atoms with van der Waals surface area (Å²) in [5.41, 5.74) is 8.51. The van der Waals surface area contributed by atoms with E-state index in [9.17, 15) is 9.59 Å². The number of nitrogens with zero attached hydrogens (tertiary/aromatic N) is 3. The number of ether oxygens (including phenoxy) is 1. The Kier molecular flexibility index (Phi) is 9.33. The Bertz CT molecular complexity index is 1540. The van der Waals surface area contributed by atoms with E-state index in [0.29, 0.717) is 17.2 Å². The number of hydrogen-bond donors (Lipinski definition) is 3. The van der Waals surface area contributed by atoms with Crippen LogP contribution in [0, 0.1) is 13.8 Å². The Morgan fingerprint density at radius 1 is 1.07 bits per heavy atom. The summed E-state index contributed by atoms with van der Waals surface area (Å²) in [5, 5.41) is 6.53. The van der Waals surface area contributed by atoms with Gasteiger partial charge in [-0.2, -0.15) is 0 Å². The number of rotatable bonds is 8. The standard InChI is InChI=1S/C35H46N6O3/c1-4-41(27-11-17-44-18-12-27)32-20-26(25-9-10-33(37-21-25)40-15-13-36-14-16-40)19-30(23(32)2)34(42)38-22-31-29-8-6-5-7-28(29)24(3)39-35(31)43/h9-10,19-21,27,36H,4-8,11-18,22H2,1-3H3,(H,38,42)(H,39,43). The van der Waals surface area contributed by atoms with Crippen LogP contribution in [0.2, 0.25) is 0 Å². The molecular weight excluding hydrogens is 552 g/mol. The number of fused-ring (bicyclic) bond motifs is 1. The fraction of sp³-hybridized carbons (Fsp3) is 0.514. The molecule has 44 heavy (non-hydrogen) atoms. The van der Waals surface area contributed by atoms with Crippen LogP contribution >= 0.6 is 0 Å². The second-order valence-corrected chi connectivity index (χ2v) is 12.3. The molecule has 3 N–H and O–H groups in total. The van der Waals surface area contributed by atoms with Crippen LogP contribution in [0.1, 0.15) is 70.9 Å². The van der Waals surface area contributed by atoms with Gasteiger partial charge in [-0.05, 0) is 106 Å². The first-order valence-electron chi connectivity index (χ1n) is 16.4. The maximum Gasteiger partial charge on any atom is 0.253 e. The molecule has 0 saturated carbocycles. The summed E-state index contributed by atoms with van der Waals surface area (Å²) < 4.78 is 5.67. The lowest BCUT2D eigenvalue weighted by Crippen LogP contribution is -2.43. The van der Waals surface area contributed by atoms with Crippen LogP contribution in [0.15, 0.2) is 35.3 Å². The third-order valence-corrected chi connectivity index (χ3v) is 9.71. The second-order valence-electron chi connectivity index (χ2n) is 12.3. The number of pyridine rings is 2. The molecule has 6 rings (SSSR count). The number of amides is 1. The lowest BCUT2D eigenvalue weighted by Gasteiger charge is -2.37. The summed E-state index contributed by atoms with van der Waals surface area (Å²) in [6.45, 7) is 12.5. The predicted molar refractivity (Wildman–Crippen MR) is 176 cm³/mol. The van der Waals surface area contributed by atoms with Gasteiger partial charge in [0.05, 0.1) is 0 Å². The number of nitrogens with one attached hydrogen (secondary N) is 3. The number of H-pyrrole nitrogens is 1. The van der Waals surface area contributed by atoms with E-state index >= 15 is 0 Å². The van der Waals surface area contributed by atoms with Crippen molar-refractivity contribution in [2.24, 2.45) is 0 Å². The van der Waals surface area contributed by atoms with Gasteiger partial charge in [0.2, 0.25) is 0 Å². The van der Waals surface area contributed by atoms with Gasteiger partial charge in [-0.25, -0.2) is 4.98 Å². The monoisotopic (exact) mass is 598 g/mol. The van der Waals surface area contributed by atoms with E-state index in [1.54, 1.807) is 0 Å². The average Bonchev–Trinajstić information content (AvgIpc) is 3.06. The normalized spacial score (nSPS) is 17.3. The zero-order chi connectivity index (χ0) is 30.6. The van der Waals surface area contributed by atoms with E-state index < -0.39 is 0 Å². The molecule has 2 fully saturated rings. The fourth-order valence-electron chi connectivity index (χ4n) is 7.22. The van der Waals surface area contributed by atoms with E-state index in [1.165, 1.54) is 5.56 Å². The Morgan fingerprint density at radius 3 is 2.52 bits per heavy atom. The molecule has 1 aliphatic carbocycles. The summed E-state index contributed by atoms with van der Waals surface area (Å²) in [7, 11) is 0. The van der Waals surface area contributed by atoms with E-state index in [2.05, 4.69) is 50.5 Å². The highest BCUT2D eigenvalue weighted by molar-refractivity contribution is 5.99. The minimum absolute atomic E-state index is 0.0954. The number of carbonyl (C=O) groups excluding carboxylic acids is 1. The predicted octanol–water partition coefficient (Wildman–Crippen LogP) is 4.28. The fourth-order valence-corrected chi connectivity index (χ4v) is 7.22. The van der Waals surface area contributed by atoms with Crippen molar-refractivity contribution in [1.29, 1.82) is 0 Å². The average molecular weight is 599 g/mol. The molecule has 0 atom stereocenters. The number of carbonyl (C=O) groups is 1. The molecule has 1 amide bonds. The quantitative estimate of drug-likeness (QED) is 0.356. The molecule has 234 valence electrons. The van der Waals surface area contributed by atoms with Gasteiger partial charge in [0, 0.05) is 92.8 Å². The van der Waals surface area contributed by atoms with Crippen LogP contribution in [0.5, 0.6) is 0 Å². The number of aryl methyl sites for hydroxylation is 1. The molecule has 0 spiro atoms. The van der Waals surface area contributed by atoms with Crippen molar-refractivity contribution in [3.63, 3.8) is 0 Å². The molecule has 3 aliphatic rings. The third kappa shape index (κ3) is 6.26. The number of hydrogen-bond acceptors (Lipinski definition) is 7. The van der Waals surface area contributed by atoms with Gasteiger partial charge in [0.15, 0.2) is 0 Å². The lowest BCUT2D eigenvalue weighted by atomic mass is 9.88. The highest BCUT2D eigenvalue weighted by Gasteiger charge is 2.26. The second kappa shape index (κ2) is 13.5. The first kappa shape index (κ1) is 30.3. The van der Waals surface area contributed by atoms with E-state index in [1.807, 2.05) is 26.1 Å². The van der Waals surface area contributed by atoms with Gasteiger partial charge < -0.3 is 30.2 Å². The molecular formula is C35H46N6O3. The van der Waals surface area contributed by atoms with Gasteiger partial charge in [0.25, 0.3) is 11.5 Å². The number of aromatic nitrogens is 2. The molecule has 2 aliphatic heterocycles. The van der Waals surface area contributed by atoms with Gasteiger partial charge in [-0.15, -0.1) is 0 Å². The molecule has 1 aromatic carbocycles. The Morgan fingerprint density at radius 2 is 1.82 bits per heavy atom. The van der Waals surface area contributed by atoms with Crippen molar-refractivity contribution >= 4 is 17.4 Å². The molecule has 4 heterocycles. The SMILES string of the molecule is CCN(c1cc(-c2ccc(N3CCNCC3)nc2)cc(C(=O)NCc2c3c(c(C)[nH]c2=O)CCCC3)c1C)C1CCOCC1. The van der Waals surface area contributed by atoms with Crippen LogP contribution in [0.3, 0.4) is 0 Å². The van der Waals surface area contributed by atoms with Gasteiger partial charge in [-0.3, -0.25) is 9.59 Å². The first-order valence-corrected chi connectivity index (χ1v) is 16.4. The van der Waals surface area contributed by atoms with Gasteiger partial charge in [-0.1, -0.05) is 0 Å². The van der Waals surface area contributed by atoms with E-state index in [4.69, 9.17) is 9.72 Å². The lowest BCUT2D eigenvalue weighted by molar-refractivity contribution is 0.0846. The van der Waals surface area contributed by atoms with Crippen LogP contribution in [-0.4, -0.2) is 67.9 Å². The van der Waals surface area contributed by atoms with Crippen LogP contribution in [-0.2, 0) is 24.1 Å². The smallest absolute Gasteiger partial charge is 0.253 e. The number of aromatic amines is 1. The number of piperazine rings is 1. The van der Waals surface area contributed by atoms with Crippen molar-refractivity contribution in [3.8, 4) is 11.1 Å². The minimum Gasteiger partial charge on any atom is -0.381 e. The van der Waals surface area contributed by atoms with E-state index in [-0.39, 0.29) is 18.0 Å². The van der Waals surface area contributed by atoms with Crippen LogP contribution in [0.4, 0.5) is 11.5 Å². The Hall–Kier alpha value is -3.69. The van der Waals surface area contributed by atoms with E-state index in [0.717, 1.165) is 124 Å². The first-order chi connectivity index (χ1) is 21.4. The highest BCUT2D eigenvalue weighted by Crippen LogP contribution is 2.34. The molecule has 9 heteroatoms. The van der Waals surface area contributed by atoms with Crippen molar-refractivity contribution < 1.29 is 9.53 Å². The maximum atomic E-state index is 14.0. The minimum atomic E-state index is -0.163. The van der Waals surface area contributed by atoms with Crippen LogP contribution in [0.25, 0.3) is 11.1 Å². The van der Waals surface area contributed by atoms with Gasteiger partial charge in [0.1, 0.15) is 5.82 Å². The molecule has 3 aromatic rings. The largest absolute Gasteiger partial charge is 0.381 e. The summed E-state index contributed by atoms with van der Waals surface area (Å²) in [5.74, 6) is 0.813. The summed E-state index contributed by atoms with van der Waals surface area (Å²) >= 11 is 0. The van der Waals surface area contributed by atoms with Crippen molar-refractivity contribution in [2.75, 3.05) is 55.7 Å². The highest BCUT2D eigenvalue weighted by atomic mass is 16.5. The number of anilines is 2. The van der Waals surface area contributed by atoms with Gasteiger partial charge >= 0.3 is 0 Å². The van der Waals surface area contributed by atoms with Crippen LogP contribution < -0.4 is 26.0 Å². The molecule has 9 nitrogen and oxygen atoms in total. The van der Waals surface area contributed by atoms with Crippen molar-refractivity contribution in [2.45, 2.75) is 71.9 Å². The zero-order valence-corrected chi connectivity index (χ0v) is 26.4. The maximum absolute atomic E-state index is 14.0. The molecule has 0 radical (unpaired) electrons. The molecule has 2 saturated heterocycles. The number of benzene rings is 1. The molecule has 2 aromatic heterocycles. The third-order valence-electron chi connectivity index (χ3n) is 9.71. The zero-order valence-electron chi connectivity index (χ0n) is 26.4. The molecule has 0 unspecified atom stereocenters. The van der Waals surface area contributed by atoms with Crippen molar-refractivity contribution in [1.82, 2.24) is 20.6 Å². The summed E-state index contributed by atoms with van der Waals surface area (Å²) in [6.07, 6.45) is 7.91. The Balaban J connectivity index is 1.34. The summed E-state index contributed by atoms with van der Waals surface area (Å²) in [6, 6.07) is 8.76. The molecule has 0 bridgehead atoms. The topological polar surface area (TPSA) is 103 Å².